The maximum absolute atomic E-state index is 13.2. The number of benzene rings is 1. The minimum Gasteiger partial charge on any atom is -0.478 e. The summed E-state index contributed by atoms with van der Waals surface area (Å²) in [5, 5.41) is 8.85. The molecule has 0 aliphatic heterocycles. The third kappa shape index (κ3) is 1.45. The molecule has 1 heterocycles. The number of aromatic amines is 1. The van der Waals surface area contributed by atoms with E-state index in [-0.39, 0.29) is 11.1 Å². The van der Waals surface area contributed by atoms with Crippen LogP contribution >= 0.6 is 0 Å². The molecule has 5 heteroatoms. The lowest BCUT2D eigenvalue weighted by molar-refractivity contribution is 0.0694. The highest BCUT2D eigenvalue weighted by molar-refractivity contribution is 6.01. The Hall–Kier alpha value is -1.91. The van der Waals surface area contributed by atoms with Crippen molar-refractivity contribution < 1.29 is 14.3 Å². The molecule has 0 spiro atoms. The molecule has 0 aliphatic carbocycles. The molecule has 1 aromatic heterocycles. The molecule has 0 aliphatic rings. The van der Waals surface area contributed by atoms with Gasteiger partial charge in [0.05, 0.1) is 5.52 Å². The van der Waals surface area contributed by atoms with E-state index in [4.69, 9.17) is 5.11 Å². The topological polar surface area (TPSA) is 66.0 Å². The van der Waals surface area contributed by atoms with Crippen molar-refractivity contribution >= 4 is 17.0 Å². The Balaban J connectivity index is 2.80. The van der Waals surface area contributed by atoms with Gasteiger partial charge in [-0.2, -0.15) is 0 Å². The molecule has 0 radical (unpaired) electrons. The first kappa shape index (κ1) is 9.64. The highest BCUT2D eigenvalue weighted by Crippen LogP contribution is 2.19. The molecule has 0 saturated carbocycles. The molecule has 78 valence electrons. The summed E-state index contributed by atoms with van der Waals surface area (Å²) >= 11 is 0. The molecule has 2 aromatic rings. The van der Waals surface area contributed by atoms with Crippen LogP contribution in [0.2, 0.25) is 0 Å². The van der Waals surface area contributed by atoms with Crippen molar-refractivity contribution in [2.45, 2.75) is 13.3 Å². The maximum Gasteiger partial charge on any atom is 0.340 e. The zero-order valence-corrected chi connectivity index (χ0v) is 8.04. The summed E-state index contributed by atoms with van der Waals surface area (Å²) < 4.78 is 13.2. The van der Waals surface area contributed by atoms with Crippen LogP contribution in [0.3, 0.4) is 0 Å². The maximum atomic E-state index is 13.2. The Morgan fingerprint density at radius 1 is 1.60 bits per heavy atom. The number of carboxylic acids is 1. The zero-order valence-electron chi connectivity index (χ0n) is 8.04. The van der Waals surface area contributed by atoms with E-state index in [1.54, 1.807) is 0 Å². The molecule has 0 amide bonds. The number of carbonyl (C=O) groups is 1. The minimum absolute atomic E-state index is 0.180. The Morgan fingerprint density at radius 2 is 2.33 bits per heavy atom. The van der Waals surface area contributed by atoms with Gasteiger partial charge in [0.2, 0.25) is 0 Å². The predicted octanol–water partition coefficient (Wildman–Crippen LogP) is 1.96. The fourth-order valence-corrected chi connectivity index (χ4v) is 1.47. The van der Waals surface area contributed by atoms with Gasteiger partial charge in [0.1, 0.15) is 22.7 Å². The predicted molar refractivity (Wildman–Crippen MR) is 52.4 cm³/mol. The van der Waals surface area contributed by atoms with E-state index in [9.17, 15) is 9.18 Å². The van der Waals surface area contributed by atoms with E-state index in [2.05, 4.69) is 9.97 Å². The standard InChI is InChI=1S/C10H9FN2O2/c1-2-7-12-6-4-3-5(11)8(10(14)15)9(6)13-7/h3-4H,2H2,1H3,(H,12,13)(H,14,15). The van der Waals surface area contributed by atoms with Gasteiger partial charge in [-0.05, 0) is 12.1 Å². The monoisotopic (exact) mass is 208 g/mol. The molecule has 4 nitrogen and oxygen atoms in total. The molecule has 15 heavy (non-hydrogen) atoms. The van der Waals surface area contributed by atoms with Gasteiger partial charge < -0.3 is 10.1 Å². The lowest BCUT2D eigenvalue weighted by Gasteiger charge is -1.96. The lowest BCUT2D eigenvalue weighted by atomic mass is 10.2. The average Bonchev–Trinajstić information content (AvgIpc) is 2.59. The number of carboxylic acid groups (broad SMARTS) is 1. The smallest absolute Gasteiger partial charge is 0.340 e. The Morgan fingerprint density at radius 3 is 2.93 bits per heavy atom. The van der Waals surface area contributed by atoms with Crippen molar-refractivity contribution in [3.63, 3.8) is 0 Å². The number of fused-ring (bicyclic) bond motifs is 1. The van der Waals surface area contributed by atoms with Gasteiger partial charge in [0.15, 0.2) is 0 Å². The fourth-order valence-electron chi connectivity index (χ4n) is 1.47. The first-order valence-electron chi connectivity index (χ1n) is 4.54. The second-order valence-corrected chi connectivity index (χ2v) is 3.16. The van der Waals surface area contributed by atoms with Crippen LogP contribution in [-0.4, -0.2) is 21.0 Å². The van der Waals surface area contributed by atoms with Gasteiger partial charge in [-0.1, -0.05) is 6.92 Å². The van der Waals surface area contributed by atoms with Crippen molar-refractivity contribution in [1.29, 1.82) is 0 Å². The SMILES string of the molecule is CCc1nc2c(C(=O)O)c(F)ccc2[nH]1. The van der Waals surface area contributed by atoms with E-state index in [0.29, 0.717) is 17.8 Å². The molecule has 0 unspecified atom stereocenters. The molecule has 0 bridgehead atoms. The van der Waals surface area contributed by atoms with Crippen LogP contribution in [0.25, 0.3) is 11.0 Å². The molecule has 1 aromatic carbocycles. The van der Waals surface area contributed by atoms with Crippen LogP contribution in [0.1, 0.15) is 23.1 Å². The first-order valence-corrected chi connectivity index (χ1v) is 4.54. The normalized spacial score (nSPS) is 10.8. The number of H-pyrrole nitrogens is 1. The largest absolute Gasteiger partial charge is 0.478 e. The van der Waals surface area contributed by atoms with Gasteiger partial charge in [-0.3, -0.25) is 0 Å². The zero-order chi connectivity index (χ0) is 11.0. The van der Waals surface area contributed by atoms with Crippen LogP contribution in [0.15, 0.2) is 12.1 Å². The summed E-state index contributed by atoms with van der Waals surface area (Å²) in [6.45, 7) is 1.88. The number of nitrogens with zero attached hydrogens (tertiary/aromatic N) is 1. The van der Waals surface area contributed by atoms with Crippen LogP contribution in [0, 0.1) is 5.82 Å². The van der Waals surface area contributed by atoms with Crippen LogP contribution in [-0.2, 0) is 6.42 Å². The summed E-state index contributed by atoms with van der Waals surface area (Å²) in [5.74, 6) is -1.41. The molecule has 0 saturated heterocycles. The molecule has 2 N–H and O–H groups in total. The highest BCUT2D eigenvalue weighted by Gasteiger charge is 2.17. The quantitative estimate of drug-likeness (QED) is 0.792. The summed E-state index contributed by atoms with van der Waals surface area (Å²) in [6, 6.07) is 2.62. The summed E-state index contributed by atoms with van der Waals surface area (Å²) in [4.78, 5) is 17.8. The summed E-state index contributed by atoms with van der Waals surface area (Å²) in [7, 11) is 0. The fraction of sp³-hybridized carbons (Fsp3) is 0.200. The Kier molecular flexibility index (Phi) is 2.15. The van der Waals surface area contributed by atoms with Gasteiger partial charge in [0, 0.05) is 6.42 Å². The summed E-state index contributed by atoms with van der Waals surface area (Å²) in [6.07, 6.45) is 0.648. The average molecular weight is 208 g/mol. The van der Waals surface area contributed by atoms with E-state index in [0.717, 1.165) is 6.07 Å². The molecular weight excluding hydrogens is 199 g/mol. The van der Waals surface area contributed by atoms with E-state index in [1.165, 1.54) is 6.07 Å². The van der Waals surface area contributed by atoms with Gasteiger partial charge >= 0.3 is 5.97 Å². The van der Waals surface area contributed by atoms with Crippen LogP contribution in [0.5, 0.6) is 0 Å². The number of imidazole rings is 1. The molecule has 0 atom stereocenters. The van der Waals surface area contributed by atoms with Crippen molar-refractivity contribution in [3.05, 3.63) is 29.3 Å². The summed E-state index contributed by atoms with van der Waals surface area (Å²) in [5.41, 5.74) is 0.355. The minimum atomic E-state index is -1.30. The Bertz CT molecular complexity index is 533. The number of aromatic carboxylic acids is 1. The number of rotatable bonds is 2. The first-order chi connectivity index (χ1) is 7.13. The number of nitrogens with one attached hydrogen (secondary N) is 1. The number of hydrogen-bond acceptors (Lipinski definition) is 2. The van der Waals surface area contributed by atoms with E-state index in [1.807, 2.05) is 6.92 Å². The third-order valence-corrected chi connectivity index (χ3v) is 2.20. The molecule has 2 rings (SSSR count). The van der Waals surface area contributed by atoms with Crippen molar-refractivity contribution in [1.82, 2.24) is 9.97 Å². The van der Waals surface area contributed by atoms with Gasteiger partial charge in [0.25, 0.3) is 0 Å². The van der Waals surface area contributed by atoms with E-state index < -0.39 is 11.8 Å². The Labute approximate surface area is 84.8 Å². The van der Waals surface area contributed by atoms with Crippen LogP contribution in [0.4, 0.5) is 4.39 Å². The van der Waals surface area contributed by atoms with E-state index >= 15 is 0 Å². The van der Waals surface area contributed by atoms with Crippen molar-refractivity contribution in [2.24, 2.45) is 0 Å². The van der Waals surface area contributed by atoms with Crippen molar-refractivity contribution in [2.75, 3.05) is 0 Å². The molecule has 0 fully saturated rings. The second kappa shape index (κ2) is 3.34. The number of halogens is 1. The molecular formula is C10H9FN2O2. The second-order valence-electron chi connectivity index (χ2n) is 3.16. The van der Waals surface area contributed by atoms with Crippen LogP contribution < -0.4 is 0 Å². The highest BCUT2D eigenvalue weighted by atomic mass is 19.1. The number of hydrogen-bond donors (Lipinski definition) is 2. The van der Waals surface area contributed by atoms with Gasteiger partial charge in [-0.25, -0.2) is 14.2 Å². The lowest BCUT2D eigenvalue weighted by Crippen LogP contribution is -2.01. The van der Waals surface area contributed by atoms with Gasteiger partial charge in [-0.15, -0.1) is 0 Å². The third-order valence-electron chi connectivity index (χ3n) is 2.20. The number of aryl methyl sites for hydroxylation is 1. The number of aromatic nitrogens is 2. The van der Waals surface area contributed by atoms with Crippen molar-refractivity contribution in [3.8, 4) is 0 Å².